The van der Waals surface area contributed by atoms with E-state index in [9.17, 15) is 0 Å². The number of anilines is 5. The van der Waals surface area contributed by atoms with Gasteiger partial charge in [-0.2, -0.15) is 0 Å². The summed E-state index contributed by atoms with van der Waals surface area (Å²) >= 11 is 0. The Balaban J connectivity index is 1.07. The second-order valence-corrected chi connectivity index (χ2v) is 22.5. The van der Waals surface area contributed by atoms with Gasteiger partial charge >= 0.3 is 0 Å². The fourth-order valence-electron chi connectivity index (χ4n) is 9.31. The molecule has 0 saturated carbocycles. The number of allylic oxidation sites excluding steroid dienone is 3. The third-order valence-corrected chi connectivity index (χ3v) is 15.0. The van der Waals surface area contributed by atoms with E-state index in [0.717, 1.165) is 67.6 Å². The van der Waals surface area contributed by atoms with Gasteiger partial charge in [-0.1, -0.05) is 135 Å². The van der Waals surface area contributed by atoms with E-state index < -0.39 is 8.07 Å². The predicted molar refractivity (Wildman–Crippen MR) is 256 cm³/mol. The fraction of sp³-hybridized carbons (Fsp3) is 0.0909. The molecule has 0 fully saturated rings. The minimum atomic E-state index is -1.31. The number of hydrogen-bond acceptors (Lipinski definition) is 3. The van der Waals surface area contributed by atoms with Crippen LogP contribution in [0.5, 0.6) is 0 Å². The van der Waals surface area contributed by atoms with Gasteiger partial charge in [0.25, 0.3) is 0 Å². The Labute approximate surface area is 345 Å². The normalized spacial score (nSPS) is 14.5. The van der Waals surface area contributed by atoms with E-state index in [0.29, 0.717) is 5.54 Å². The Bertz CT molecular complexity index is 3300. The van der Waals surface area contributed by atoms with Crippen molar-refractivity contribution in [3.05, 3.63) is 200 Å². The molecule has 9 aromatic carbocycles. The number of nitrogens with zero attached hydrogens (tertiary/aromatic N) is 2. The predicted octanol–water partition coefficient (Wildman–Crippen LogP) is 16.4. The summed E-state index contributed by atoms with van der Waals surface area (Å²) < 4.78 is 7.03. The van der Waals surface area contributed by atoms with Gasteiger partial charge in [0.2, 0.25) is 0 Å². The van der Waals surface area contributed by atoms with Crippen LogP contribution in [0.3, 0.4) is 0 Å². The average Bonchev–Trinajstić information content (AvgIpc) is 3.66. The van der Waals surface area contributed by atoms with E-state index in [1.54, 1.807) is 0 Å². The van der Waals surface area contributed by atoms with Gasteiger partial charge in [0.05, 0.1) is 8.07 Å². The third-order valence-electron chi connectivity index (χ3n) is 12.4. The van der Waals surface area contributed by atoms with E-state index in [2.05, 4.69) is 224 Å². The molecule has 0 aliphatic heterocycles. The molecule has 0 radical (unpaired) electrons. The van der Waals surface area contributed by atoms with Gasteiger partial charge in [0.1, 0.15) is 11.2 Å². The van der Waals surface area contributed by atoms with Crippen LogP contribution in [0.15, 0.2) is 204 Å². The highest BCUT2D eigenvalue weighted by atomic mass is 28.3. The Kier molecular flexibility index (Phi) is 8.31. The summed E-state index contributed by atoms with van der Waals surface area (Å²) in [7, 11) is -1.31. The molecule has 0 saturated heterocycles. The van der Waals surface area contributed by atoms with Crippen molar-refractivity contribution in [3.8, 4) is 0 Å². The number of hydrogen-bond donors (Lipinski definition) is 0. The summed E-state index contributed by atoms with van der Waals surface area (Å²) in [6.45, 7) is 7.39. The molecule has 59 heavy (non-hydrogen) atoms. The first-order valence-electron chi connectivity index (χ1n) is 20.7. The molecule has 10 aromatic rings. The minimum absolute atomic E-state index is 0.636. The second kappa shape index (κ2) is 13.9. The molecule has 3 nitrogen and oxygen atoms in total. The monoisotopic (exact) mass is 776 g/mol. The quantitative estimate of drug-likeness (QED) is 0.119. The number of furan rings is 1. The molecular formula is C55H44N2OSi. The van der Waals surface area contributed by atoms with Crippen molar-refractivity contribution in [2.45, 2.75) is 31.6 Å². The smallest absolute Gasteiger partial charge is 0.143 e. The van der Waals surface area contributed by atoms with Gasteiger partial charge in [0.15, 0.2) is 0 Å². The van der Waals surface area contributed by atoms with Crippen LogP contribution in [-0.2, 0) is 0 Å². The zero-order valence-electron chi connectivity index (χ0n) is 33.6. The summed E-state index contributed by atoms with van der Waals surface area (Å²) in [4.78, 5) is 4.75. The fourth-order valence-corrected chi connectivity index (χ4v) is 10.8. The van der Waals surface area contributed by atoms with E-state index in [1.807, 2.05) is 0 Å². The van der Waals surface area contributed by atoms with E-state index in [4.69, 9.17) is 4.42 Å². The summed E-state index contributed by atoms with van der Waals surface area (Å²) in [5.74, 6) is 0. The van der Waals surface area contributed by atoms with Gasteiger partial charge in [-0.3, -0.25) is 0 Å². The molecule has 0 bridgehead atoms. The maximum Gasteiger partial charge on any atom is 0.143 e. The molecule has 4 heteroatoms. The van der Waals surface area contributed by atoms with Crippen molar-refractivity contribution >= 4 is 102 Å². The lowest BCUT2D eigenvalue weighted by atomic mass is 9.96. The summed E-state index contributed by atoms with van der Waals surface area (Å²) in [5.41, 5.74) is 9.17. The summed E-state index contributed by atoms with van der Waals surface area (Å²) in [5, 5.41) is 12.0. The zero-order chi connectivity index (χ0) is 39.7. The standard InChI is InChI=1S/C55H44N2OSi/c1-59(2,3)45-29-24-41(25-30-45)56(39-15-6-4-7-16-39)44-28-33-51-53(36-44)58-55-50-32-27-43(35-52(50)48-20-12-13-21-49(48)54(51)55)57(40-17-8-5-9-18-40)42-26-31-47-38(34-42)23-22-37-14-10-11-19-46(37)47/h4-29,31-36,45H,30H2,1-3H3. The molecule has 0 spiro atoms. The van der Waals surface area contributed by atoms with Crippen LogP contribution in [-0.4, -0.2) is 8.07 Å². The molecule has 1 heterocycles. The highest BCUT2D eigenvalue weighted by Crippen LogP contribution is 2.46. The molecule has 1 aromatic heterocycles. The highest BCUT2D eigenvalue weighted by molar-refractivity contribution is 6.78. The SMILES string of the molecule is C[Si](C)(C)C1C=CC(N(c2ccccc2)c2ccc3c(c2)oc2c4ccc(N(c5ccccc5)c5ccc6c(ccc7ccccc76)c5)cc4c4ccccc4c32)=CC1. The number of para-hydroxylation sites is 2. The Morgan fingerprint density at radius 1 is 0.458 bits per heavy atom. The van der Waals surface area contributed by atoms with Crippen LogP contribution in [0.2, 0.25) is 25.2 Å². The van der Waals surface area contributed by atoms with Crippen LogP contribution < -0.4 is 9.80 Å². The first kappa shape index (κ1) is 35.3. The van der Waals surface area contributed by atoms with Crippen molar-refractivity contribution < 1.29 is 4.42 Å². The van der Waals surface area contributed by atoms with Crippen LogP contribution in [0, 0.1) is 0 Å². The van der Waals surface area contributed by atoms with Crippen molar-refractivity contribution in [2.75, 3.05) is 9.80 Å². The van der Waals surface area contributed by atoms with Crippen LogP contribution >= 0.6 is 0 Å². The number of rotatable bonds is 7. The first-order valence-corrected chi connectivity index (χ1v) is 24.3. The van der Waals surface area contributed by atoms with Crippen LogP contribution in [0.1, 0.15) is 6.42 Å². The Hall–Kier alpha value is -6.88. The van der Waals surface area contributed by atoms with Crippen LogP contribution in [0.4, 0.5) is 28.4 Å². The molecule has 1 atom stereocenters. The largest absolute Gasteiger partial charge is 0.455 e. The maximum atomic E-state index is 7.03. The number of fused-ring (bicyclic) bond motifs is 11. The van der Waals surface area contributed by atoms with Crippen molar-refractivity contribution in [3.63, 3.8) is 0 Å². The van der Waals surface area contributed by atoms with Gasteiger partial charge in [-0.15, -0.1) is 0 Å². The lowest BCUT2D eigenvalue weighted by Gasteiger charge is -2.32. The van der Waals surface area contributed by atoms with Crippen molar-refractivity contribution in [1.29, 1.82) is 0 Å². The van der Waals surface area contributed by atoms with Crippen molar-refractivity contribution in [1.82, 2.24) is 0 Å². The molecule has 1 aliphatic rings. The second-order valence-electron chi connectivity index (χ2n) is 17.0. The lowest BCUT2D eigenvalue weighted by molar-refractivity contribution is 0.673. The third kappa shape index (κ3) is 6.02. The summed E-state index contributed by atoms with van der Waals surface area (Å²) in [6, 6.07) is 63.8. The van der Waals surface area contributed by atoms with Crippen LogP contribution in [0.25, 0.3) is 65.0 Å². The Morgan fingerprint density at radius 3 is 1.75 bits per heavy atom. The van der Waals surface area contributed by atoms with E-state index >= 15 is 0 Å². The molecule has 1 unspecified atom stereocenters. The molecule has 0 N–H and O–H groups in total. The lowest BCUT2D eigenvalue weighted by Crippen LogP contribution is -2.28. The van der Waals surface area contributed by atoms with E-state index in [1.165, 1.54) is 38.0 Å². The molecule has 1 aliphatic carbocycles. The topological polar surface area (TPSA) is 19.6 Å². The molecule has 0 amide bonds. The van der Waals surface area contributed by atoms with Gasteiger partial charge < -0.3 is 14.2 Å². The minimum Gasteiger partial charge on any atom is -0.455 e. The average molecular weight is 777 g/mol. The van der Waals surface area contributed by atoms with Gasteiger partial charge in [-0.25, -0.2) is 0 Å². The molecule has 284 valence electrons. The van der Waals surface area contributed by atoms with Gasteiger partial charge in [0, 0.05) is 56.4 Å². The maximum absolute atomic E-state index is 7.03. The van der Waals surface area contributed by atoms with Gasteiger partial charge in [-0.05, 0) is 122 Å². The summed E-state index contributed by atoms with van der Waals surface area (Å²) in [6.07, 6.45) is 8.28. The number of benzene rings is 9. The molecule has 11 rings (SSSR count). The van der Waals surface area contributed by atoms with E-state index in [-0.39, 0.29) is 0 Å². The molecular weight excluding hydrogens is 733 g/mol. The zero-order valence-corrected chi connectivity index (χ0v) is 34.6. The highest BCUT2D eigenvalue weighted by Gasteiger charge is 2.27. The first-order chi connectivity index (χ1) is 28.9. The Morgan fingerprint density at radius 2 is 1.03 bits per heavy atom. The van der Waals surface area contributed by atoms with Crippen molar-refractivity contribution in [2.24, 2.45) is 0 Å².